The normalized spacial score (nSPS) is 13.8. The van der Waals surface area contributed by atoms with Gasteiger partial charge in [-0.3, -0.25) is 0 Å². The minimum absolute atomic E-state index is 0.0294. The maximum Gasteiger partial charge on any atom is 0.400 e. The molecule has 0 spiro atoms. The minimum Gasteiger partial charge on any atom is -0.330 e. The molecule has 0 aliphatic rings. The van der Waals surface area contributed by atoms with Crippen LogP contribution in [0.4, 0.5) is 13.2 Å². The molecule has 0 saturated carbocycles. The lowest BCUT2D eigenvalue weighted by Crippen LogP contribution is -2.28. The third-order valence-corrected chi connectivity index (χ3v) is 4.25. The minimum atomic E-state index is -4.22. The molecule has 0 saturated heterocycles. The van der Waals surface area contributed by atoms with E-state index in [4.69, 9.17) is 5.73 Å². The SMILES string of the molecule is NCCC(Sc1ccccc1Br)C(F)(F)F. The summed E-state index contributed by atoms with van der Waals surface area (Å²) in [6, 6.07) is 6.85. The van der Waals surface area contributed by atoms with Gasteiger partial charge >= 0.3 is 6.18 Å². The number of halogens is 4. The molecule has 0 radical (unpaired) electrons. The lowest BCUT2D eigenvalue weighted by atomic mass is 10.3. The highest BCUT2D eigenvalue weighted by molar-refractivity contribution is 9.10. The summed E-state index contributed by atoms with van der Waals surface area (Å²) >= 11 is 4.02. The molecule has 1 unspecified atom stereocenters. The highest BCUT2D eigenvalue weighted by atomic mass is 79.9. The molecule has 0 fully saturated rings. The van der Waals surface area contributed by atoms with Gasteiger partial charge in [-0.2, -0.15) is 13.2 Å². The van der Waals surface area contributed by atoms with Gasteiger partial charge in [-0.25, -0.2) is 0 Å². The van der Waals surface area contributed by atoms with Crippen LogP contribution in [0.3, 0.4) is 0 Å². The maximum atomic E-state index is 12.6. The standard InChI is InChI=1S/C10H11BrF3NS/c11-7-3-1-2-4-8(7)16-9(5-6-15)10(12,13)14/h1-4,9H,5-6,15H2. The van der Waals surface area contributed by atoms with E-state index < -0.39 is 11.4 Å². The summed E-state index contributed by atoms with van der Waals surface area (Å²) in [5, 5.41) is -1.45. The van der Waals surface area contributed by atoms with Crippen molar-refractivity contribution >= 4 is 27.7 Å². The lowest BCUT2D eigenvalue weighted by Gasteiger charge is -2.19. The molecule has 0 bridgehead atoms. The van der Waals surface area contributed by atoms with Gasteiger partial charge in [0, 0.05) is 9.37 Å². The summed E-state index contributed by atoms with van der Waals surface area (Å²) in [5.41, 5.74) is 5.19. The summed E-state index contributed by atoms with van der Waals surface area (Å²) in [6.45, 7) is 0.0294. The fraction of sp³-hybridized carbons (Fsp3) is 0.400. The fourth-order valence-electron chi connectivity index (χ4n) is 1.13. The van der Waals surface area contributed by atoms with Crippen molar-refractivity contribution in [3.05, 3.63) is 28.7 Å². The van der Waals surface area contributed by atoms with Gasteiger partial charge in [0.15, 0.2) is 0 Å². The van der Waals surface area contributed by atoms with Crippen molar-refractivity contribution in [2.24, 2.45) is 5.73 Å². The van der Waals surface area contributed by atoms with E-state index in [0.29, 0.717) is 9.37 Å². The molecule has 16 heavy (non-hydrogen) atoms. The van der Waals surface area contributed by atoms with E-state index in [-0.39, 0.29) is 13.0 Å². The Morgan fingerprint density at radius 1 is 1.31 bits per heavy atom. The Bertz CT molecular complexity index is 343. The molecule has 1 aromatic rings. The van der Waals surface area contributed by atoms with Gasteiger partial charge < -0.3 is 5.73 Å². The summed E-state index contributed by atoms with van der Waals surface area (Å²) in [5.74, 6) is 0. The fourth-order valence-corrected chi connectivity index (χ4v) is 2.73. The van der Waals surface area contributed by atoms with Gasteiger partial charge in [0.25, 0.3) is 0 Å². The van der Waals surface area contributed by atoms with Crippen molar-refractivity contribution < 1.29 is 13.2 Å². The van der Waals surface area contributed by atoms with Crippen LogP contribution in [0.2, 0.25) is 0 Å². The van der Waals surface area contributed by atoms with E-state index in [1.54, 1.807) is 24.3 Å². The van der Waals surface area contributed by atoms with Gasteiger partial charge in [-0.05, 0) is 41.0 Å². The Balaban J connectivity index is 2.80. The van der Waals surface area contributed by atoms with Crippen LogP contribution in [-0.2, 0) is 0 Å². The molecule has 1 rings (SSSR count). The third kappa shape index (κ3) is 3.99. The zero-order chi connectivity index (χ0) is 12.2. The number of alkyl halides is 3. The van der Waals surface area contributed by atoms with Crippen LogP contribution < -0.4 is 5.73 Å². The van der Waals surface area contributed by atoms with E-state index in [0.717, 1.165) is 11.8 Å². The smallest absolute Gasteiger partial charge is 0.330 e. The van der Waals surface area contributed by atoms with Crippen LogP contribution in [0.15, 0.2) is 33.6 Å². The van der Waals surface area contributed by atoms with Gasteiger partial charge in [-0.15, -0.1) is 11.8 Å². The van der Waals surface area contributed by atoms with Crippen molar-refractivity contribution in [2.45, 2.75) is 22.7 Å². The van der Waals surface area contributed by atoms with Crippen LogP contribution in [0.1, 0.15) is 6.42 Å². The number of rotatable bonds is 4. The highest BCUT2D eigenvalue weighted by Gasteiger charge is 2.39. The number of hydrogen-bond acceptors (Lipinski definition) is 2. The molecule has 0 heterocycles. The Labute approximate surface area is 105 Å². The van der Waals surface area contributed by atoms with E-state index >= 15 is 0 Å². The molecule has 1 atom stereocenters. The highest BCUT2D eigenvalue weighted by Crippen LogP contribution is 2.39. The zero-order valence-electron chi connectivity index (χ0n) is 8.30. The number of thioether (sulfide) groups is 1. The Morgan fingerprint density at radius 3 is 2.44 bits per heavy atom. The van der Waals surface area contributed by atoms with Crippen molar-refractivity contribution in [1.29, 1.82) is 0 Å². The first-order valence-corrected chi connectivity index (χ1v) is 6.30. The third-order valence-electron chi connectivity index (χ3n) is 1.90. The Kier molecular flexibility index (Phi) is 5.14. The van der Waals surface area contributed by atoms with Crippen molar-refractivity contribution in [3.63, 3.8) is 0 Å². The van der Waals surface area contributed by atoms with Crippen molar-refractivity contribution in [1.82, 2.24) is 0 Å². The van der Waals surface area contributed by atoms with E-state index in [9.17, 15) is 13.2 Å². The van der Waals surface area contributed by atoms with Gasteiger partial charge in [0.2, 0.25) is 0 Å². The van der Waals surface area contributed by atoms with Crippen molar-refractivity contribution in [2.75, 3.05) is 6.54 Å². The lowest BCUT2D eigenvalue weighted by molar-refractivity contribution is -0.129. The van der Waals surface area contributed by atoms with Gasteiger partial charge in [0.1, 0.15) is 5.25 Å². The average Bonchev–Trinajstić information content (AvgIpc) is 2.19. The molecule has 90 valence electrons. The zero-order valence-corrected chi connectivity index (χ0v) is 10.7. The molecule has 1 nitrogen and oxygen atoms in total. The summed E-state index contributed by atoms with van der Waals surface area (Å²) in [7, 11) is 0. The second kappa shape index (κ2) is 5.93. The largest absolute Gasteiger partial charge is 0.400 e. The van der Waals surface area contributed by atoms with Gasteiger partial charge in [-0.1, -0.05) is 12.1 Å². The predicted octanol–water partition coefficient (Wildman–Crippen LogP) is 3.82. The maximum absolute atomic E-state index is 12.6. The molecule has 0 amide bonds. The summed E-state index contributed by atoms with van der Waals surface area (Å²) in [6.07, 6.45) is -4.30. The Hall–Kier alpha value is -0.200. The topological polar surface area (TPSA) is 26.0 Å². The second-order valence-corrected chi connectivity index (χ2v) is 5.25. The van der Waals surface area contributed by atoms with Crippen LogP contribution in [0, 0.1) is 0 Å². The molecule has 2 N–H and O–H groups in total. The number of benzene rings is 1. The monoisotopic (exact) mass is 313 g/mol. The summed E-state index contributed by atoms with van der Waals surface area (Å²) in [4.78, 5) is 0.582. The van der Waals surface area contributed by atoms with Gasteiger partial charge in [0.05, 0.1) is 0 Å². The first-order chi connectivity index (χ1) is 7.45. The number of hydrogen-bond donors (Lipinski definition) is 1. The summed E-state index contributed by atoms with van der Waals surface area (Å²) < 4.78 is 38.6. The number of nitrogens with two attached hydrogens (primary N) is 1. The van der Waals surface area contributed by atoms with E-state index in [2.05, 4.69) is 15.9 Å². The molecular weight excluding hydrogens is 303 g/mol. The first kappa shape index (κ1) is 13.9. The average molecular weight is 314 g/mol. The second-order valence-electron chi connectivity index (χ2n) is 3.16. The molecule has 0 aliphatic heterocycles. The molecule has 6 heteroatoms. The quantitative estimate of drug-likeness (QED) is 0.855. The van der Waals surface area contributed by atoms with Crippen molar-refractivity contribution in [3.8, 4) is 0 Å². The molecule has 0 aromatic heterocycles. The van der Waals surface area contributed by atoms with Crippen LogP contribution in [-0.4, -0.2) is 18.0 Å². The molecular formula is C10H11BrF3NS. The van der Waals surface area contributed by atoms with Crippen LogP contribution >= 0.6 is 27.7 Å². The van der Waals surface area contributed by atoms with Crippen LogP contribution in [0.5, 0.6) is 0 Å². The van der Waals surface area contributed by atoms with E-state index in [1.807, 2.05) is 0 Å². The first-order valence-electron chi connectivity index (χ1n) is 4.63. The molecule has 1 aromatic carbocycles. The molecule has 0 aliphatic carbocycles. The Morgan fingerprint density at radius 2 is 1.94 bits per heavy atom. The predicted molar refractivity (Wildman–Crippen MR) is 63.5 cm³/mol. The van der Waals surface area contributed by atoms with Crippen LogP contribution in [0.25, 0.3) is 0 Å². The van der Waals surface area contributed by atoms with E-state index in [1.165, 1.54) is 0 Å².